The van der Waals surface area contributed by atoms with Gasteiger partial charge in [-0.15, -0.1) is 0 Å². The van der Waals surface area contributed by atoms with E-state index in [2.05, 4.69) is 10.1 Å². The first kappa shape index (κ1) is 15.4. The minimum atomic E-state index is -3.27. The highest BCUT2D eigenvalue weighted by Gasteiger charge is 2.18. The molecule has 0 atom stereocenters. The summed E-state index contributed by atoms with van der Waals surface area (Å²) in [7, 11) is -3.27. The normalized spacial score (nSPS) is 11.6. The average Bonchev–Trinajstić information content (AvgIpc) is 2.88. The minimum absolute atomic E-state index is 0.215. The standard InChI is InChI=1S/C16H13FN2O3S/c1-10-15(13-4-3-5-14(17)18-13)16(19-22-10)11-6-8-12(9-7-11)23(2,20)21/h3-9H,1-2H3/i17-1. The Morgan fingerprint density at radius 3 is 2.39 bits per heavy atom. The summed E-state index contributed by atoms with van der Waals surface area (Å²) in [4.78, 5) is 4.07. The smallest absolute Gasteiger partial charge is 0.213 e. The zero-order valence-corrected chi connectivity index (χ0v) is 13.3. The second kappa shape index (κ2) is 5.58. The largest absolute Gasteiger partial charge is 0.360 e. The molecule has 5 nitrogen and oxygen atoms in total. The van der Waals surface area contributed by atoms with Gasteiger partial charge in [0, 0.05) is 11.8 Å². The molecule has 3 rings (SSSR count). The number of hydrogen-bond acceptors (Lipinski definition) is 5. The summed E-state index contributed by atoms with van der Waals surface area (Å²) in [6.07, 6.45) is 1.14. The second-order valence-electron chi connectivity index (χ2n) is 5.10. The van der Waals surface area contributed by atoms with Gasteiger partial charge in [-0.3, -0.25) is 0 Å². The Hall–Kier alpha value is -2.54. The van der Waals surface area contributed by atoms with Gasteiger partial charge in [0.15, 0.2) is 9.84 Å². The van der Waals surface area contributed by atoms with Crippen molar-refractivity contribution in [1.82, 2.24) is 10.1 Å². The van der Waals surface area contributed by atoms with Crippen LogP contribution in [0.4, 0.5) is 4.39 Å². The zero-order chi connectivity index (χ0) is 16.6. The summed E-state index contributed by atoms with van der Waals surface area (Å²) in [6, 6.07) is 10.7. The fourth-order valence-electron chi connectivity index (χ4n) is 2.28. The highest BCUT2D eigenvalue weighted by atomic mass is 32.2. The zero-order valence-electron chi connectivity index (χ0n) is 12.4. The maximum atomic E-state index is 13.4. The average molecular weight is 331 g/mol. The van der Waals surface area contributed by atoms with E-state index in [1.165, 1.54) is 18.2 Å². The number of halogens is 1. The molecule has 0 fully saturated rings. The molecule has 0 amide bonds. The molecule has 0 aliphatic heterocycles. The van der Waals surface area contributed by atoms with Crippen LogP contribution in [0, 0.1) is 12.9 Å². The molecule has 0 N–H and O–H groups in total. The van der Waals surface area contributed by atoms with Crippen LogP contribution in [0.2, 0.25) is 0 Å². The van der Waals surface area contributed by atoms with Gasteiger partial charge < -0.3 is 4.52 Å². The molecule has 2 aromatic heterocycles. The van der Waals surface area contributed by atoms with E-state index in [9.17, 15) is 12.8 Å². The molecule has 3 aromatic rings. The van der Waals surface area contributed by atoms with Gasteiger partial charge in [-0.2, -0.15) is 4.39 Å². The number of aromatic nitrogens is 2. The van der Waals surface area contributed by atoms with Crippen LogP contribution in [-0.4, -0.2) is 24.8 Å². The lowest BCUT2D eigenvalue weighted by Gasteiger charge is -2.04. The summed E-state index contributed by atoms with van der Waals surface area (Å²) in [5, 5.41) is 4.00. The van der Waals surface area contributed by atoms with Crippen molar-refractivity contribution in [3.05, 3.63) is 54.2 Å². The van der Waals surface area contributed by atoms with Gasteiger partial charge in [-0.25, -0.2) is 13.4 Å². The van der Waals surface area contributed by atoms with Crippen molar-refractivity contribution < 1.29 is 17.3 Å². The van der Waals surface area contributed by atoms with E-state index < -0.39 is 15.8 Å². The number of sulfone groups is 1. The summed E-state index contributed by atoms with van der Waals surface area (Å²) < 4.78 is 41.6. The van der Waals surface area contributed by atoms with Gasteiger partial charge in [0.1, 0.15) is 11.5 Å². The molecule has 0 bridgehead atoms. The van der Waals surface area contributed by atoms with E-state index >= 15 is 0 Å². The third-order valence-electron chi connectivity index (χ3n) is 3.39. The first-order valence-corrected chi connectivity index (χ1v) is 8.65. The fourth-order valence-corrected chi connectivity index (χ4v) is 2.91. The van der Waals surface area contributed by atoms with Gasteiger partial charge in [-0.05, 0) is 31.2 Å². The molecule has 0 saturated carbocycles. The number of benzene rings is 1. The van der Waals surface area contributed by atoms with Crippen LogP contribution in [0.1, 0.15) is 5.76 Å². The molecule has 23 heavy (non-hydrogen) atoms. The Kier molecular flexibility index (Phi) is 3.73. The molecule has 0 aliphatic rings. The summed E-state index contributed by atoms with van der Waals surface area (Å²) in [5.74, 6) is -0.0910. The molecule has 0 aliphatic carbocycles. The van der Waals surface area contributed by atoms with Gasteiger partial charge in [0.05, 0.1) is 16.2 Å². The molecular weight excluding hydrogens is 318 g/mol. The molecule has 118 valence electrons. The molecule has 0 saturated heterocycles. The van der Waals surface area contributed by atoms with Gasteiger partial charge >= 0.3 is 0 Å². The van der Waals surface area contributed by atoms with E-state index in [0.717, 1.165) is 6.26 Å². The summed E-state index contributed by atoms with van der Waals surface area (Å²) in [5.41, 5.74) is 2.14. The Balaban J connectivity index is 2.12. The van der Waals surface area contributed by atoms with Crippen molar-refractivity contribution in [2.24, 2.45) is 0 Å². The van der Waals surface area contributed by atoms with Gasteiger partial charge in [0.2, 0.25) is 5.95 Å². The van der Waals surface area contributed by atoms with Crippen molar-refractivity contribution in [2.75, 3.05) is 6.26 Å². The molecule has 1 aromatic carbocycles. The molecule has 7 heteroatoms. The first-order valence-electron chi connectivity index (χ1n) is 6.76. The van der Waals surface area contributed by atoms with Crippen LogP contribution < -0.4 is 0 Å². The van der Waals surface area contributed by atoms with E-state index in [1.807, 2.05) is 0 Å². The second-order valence-corrected chi connectivity index (χ2v) is 7.12. The lowest BCUT2D eigenvalue weighted by atomic mass is 10.0. The van der Waals surface area contributed by atoms with Crippen LogP contribution in [0.3, 0.4) is 0 Å². The maximum Gasteiger partial charge on any atom is 0.213 e. The monoisotopic (exact) mass is 331 g/mol. The Morgan fingerprint density at radius 1 is 1.09 bits per heavy atom. The van der Waals surface area contributed by atoms with Crippen LogP contribution in [0.25, 0.3) is 22.5 Å². The minimum Gasteiger partial charge on any atom is -0.360 e. The van der Waals surface area contributed by atoms with E-state index in [4.69, 9.17) is 4.52 Å². The molecule has 0 radical (unpaired) electrons. The summed E-state index contributed by atoms with van der Waals surface area (Å²) >= 11 is 0. The Morgan fingerprint density at radius 2 is 1.78 bits per heavy atom. The van der Waals surface area contributed by atoms with Crippen LogP contribution in [-0.2, 0) is 9.84 Å². The van der Waals surface area contributed by atoms with Crippen molar-refractivity contribution >= 4 is 9.84 Å². The van der Waals surface area contributed by atoms with Crippen molar-refractivity contribution in [2.45, 2.75) is 11.8 Å². The lowest BCUT2D eigenvalue weighted by Crippen LogP contribution is -1.96. The Bertz CT molecular complexity index is 963. The van der Waals surface area contributed by atoms with Crippen molar-refractivity contribution in [3.8, 4) is 22.5 Å². The number of aryl methyl sites for hydroxylation is 1. The van der Waals surface area contributed by atoms with E-state index in [0.29, 0.717) is 28.3 Å². The highest BCUT2D eigenvalue weighted by Crippen LogP contribution is 2.33. The summed E-state index contributed by atoms with van der Waals surface area (Å²) in [6.45, 7) is 1.71. The predicted octanol–water partition coefficient (Wildman–Crippen LogP) is 3.25. The first-order chi connectivity index (χ1) is 10.9. The van der Waals surface area contributed by atoms with Crippen LogP contribution >= 0.6 is 0 Å². The van der Waals surface area contributed by atoms with E-state index in [1.54, 1.807) is 31.2 Å². The van der Waals surface area contributed by atoms with Crippen molar-refractivity contribution in [3.63, 3.8) is 0 Å². The quantitative estimate of drug-likeness (QED) is 0.689. The van der Waals surface area contributed by atoms with Gasteiger partial charge in [-0.1, -0.05) is 23.4 Å². The number of nitrogens with zero attached hydrogens (tertiary/aromatic N) is 2. The molecule has 2 heterocycles. The molecule has 0 unspecified atom stereocenters. The molecule has 0 spiro atoms. The number of hydrogen-bond donors (Lipinski definition) is 0. The Labute approximate surface area is 132 Å². The van der Waals surface area contributed by atoms with Gasteiger partial charge in [0.25, 0.3) is 0 Å². The van der Waals surface area contributed by atoms with Crippen LogP contribution in [0.15, 0.2) is 51.9 Å². The number of pyridine rings is 1. The van der Waals surface area contributed by atoms with E-state index in [-0.39, 0.29) is 4.90 Å². The molecular formula is C16H13FN2O3S. The maximum absolute atomic E-state index is 13.4. The SMILES string of the molecule is Cc1onc(-c2ccc(S(C)(=O)=O)cc2)c1-c1cccc([18F])n1. The lowest BCUT2D eigenvalue weighted by molar-refractivity contribution is 0.400. The van der Waals surface area contributed by atoms with Crippen molar-refractivity contribution in [1.29, 1.82) is 0 Å². The van der Waals surface area contributed by atoms with Crippen LogP contribution in [0.5, 0.6) is 0 Å². The third-order valence-corrected chi connectivity index (χ3v) is 4.52. The third kappa shape index (κ3) is 3.00. The topological polar surface area (TPSA) is 73.1 Å². The highest BCUT2D eigenvalue weighted by molar-refractivity contribution is 7.90. The fraction of sp³-hybridized carbons (Fsp3) is 0.125. The number of rotatable bonds is 3. The predicted molar refractivity (Wildman–Crippen MR) is 83.0 cm³/mol.